The molecule has 0 heterocycles. The monoisotopic (exact) mass is 295 g/mol. The summed E-state index contributed by atoms with van der Waals surface area (Å²) in [5.74, 6) is 0.767. The van der Waals surface area contributed by atoms with Crippen LogP contribution in [0, 0.1) is 19.8 Å². The van der Waals surface area contributed by atoms with Crippen molar-refractivity contribution in [2.24, 2.45) is 5.92 Å². The lowest BCUT2D eigenvalue weighted by Gasteiger charge is -2.19. The van der Waals surface area contributed by atoms with Crippen molar-refractivity contribution in [3.05, 3.63) is 29.3 Å². The van der Waals surface area contributed by atoms with Gasteiger partial charge in [0, 0.05) is 6.04 Å². The van der Waals surface area contributed by atoms with Crippen LogP contribution in [-0.2, 0) is 9.84 Å². The molecule has 1 saturated carbocycles. The number of rotatable bonds is 7. The molecule has 3 nitrogen and oxygen atoms in total. The van der Waals surface area contributed by atoms with Crippen LogP contribution in [0.25, 0.3) is 0 Å². The van der Waals surface area contributed by atoms with Gasteiger partial charge in [-0.3, -0.25) is 0 Å². The van der Waals surface area contributed by atoms with Crippen molar-refractivity contribution in [3.63, 3.8) is 0 Å². The highest BCUT2D eigenvalue weighted by Crippen LogP contribution is 2.34. The highest BCUT2D eigenvalue weighted by molar-refractivity contribution is 7.91. The van der Waals surface area contributed by atoms with Gasteiger partial charge in [0.2, 0.25) is 0 Å². The van der Waals surface area contributed by atoms with Crippen molar-refractivity contribution < 1.29 is 8.42 Å². The average Bonchev–Trinajstić information content (AvgIpc) is 3.21. The van der Waals surface area contributed by atoms with Gasteiger partial charge in [0.1, 0.15) is 0 Å². The Kier molecular flexibility index (Phi) is 4.86. The third kappa shape index (κ3) is 3.83. The van der Waals surface area contributed by atoms with E-state index in [2.05, 4.69) is 12.2 Å². The molecule has 0 radical (unpaired) electrons. The first-order valence-corrected chi connectivity index (χ1v) is 9.12. The van der Waals surface area contributed by atoms with Crippen LogP contribution >= 0.6 is 0 Å². The minimum Gasteiger partial charge on any atom is -0.313 e. The summed E-state index contributed by atoms with van der Waals surface area (Å²) in [7, 11) is -3.21. The zero-order valence-corrected chi connectivity index (χ0v) is 13.5. The lowest BCUT2D eigenvalue weighted by Crippen LogP contribution is -2.38. The number of sulfone groups is 1. The van der Waals surface area contributed by atoms with E-state index in [1.165, 1.54) is 0 Å². The van der Waals surface area contributed by atoms with Gasteiger partial charge in [0.05, 0.1) is 10.6 Å². The van der Waals surface area contributed by atoms with Gasteiger partial charge in [-0.2, -0.15) is 0 Å². The van der Waals surface area contributed by atoms with Gasteiger partial charge in [0.15, 0.2) is 9.84 Å². The van der Waals surface area contributed by atoms with Gasteiger partial charge < -0.3 is 5.32 Å². The minimum atomic E-state index is -3.21. The van der Waals surface area contributed by atoms with E-state index in [1.54, 1.807) is 6.07 Å². The van der Waals surface area contributed by atoms with E-state index < -0.39 is 9.84 Å². The van der Waals surface area contributed by atoms with Crippen LogP contribution in [0.15, 0.2) is 23.1 Å². The van der Waals surface area contributed by atoms with E-state index in [4.69, 9.17) is 0 Å². The summed E-state index contributed by atoms with van der Waals surface area (Å²) in [6.45, 7) is 6.81. The molecule has 0 aliphatic heterocycles. The molecule has 1 N–H and O–H groups in total. The molecular formula is C16H25NO2S. The first-order chi connectivity index (χ1) is 9.44. The van der Waals surface area contributed by atoms with Crippen molar-refractivity contribution >= 4 is 9.84 Å². The Balaban J connectivity index is 2.18. The Hall–Kier alpha value is -0.870. The maximum absolute atomic E-state index is 12.7. The van der Waals surface area contributed by atoms with Crippen molar-refractivity contribution in [3.8, 4) is 0 Å². The van der Waals surface area contributed by atoms with Crippen LogP contribution in [0.1, 0.15) is 37.3 Å². The molecule has 1 aliphatic rings. The van der Waals surface area contributed by atoms with Gasteiger partial charge in [-0.25, -0.2) is 8.42 Å². The number of hydrogen-bond donors (Lipinski definition) is 1. The lowest BCUT2D eigenvalue weighted by molar-refractivity contribution is 0.489. The van der Waals surface area contributed by atoms with Gasteiger partial charge in [0.25, 0.3) is 0 Å². The van der Waals surface area contributed by atoms with Gasteiger partial charge in [-0.15, -0.1) is 0 Å². The molecule has 0 amide bonds. The Labute approximate surface area is 122 Å². The van der Waals surface area contributed by atoms with Crippen LogP contribution in [0.4, 0.5) is 0 Å². The van der Waals surface area contributed by atoms with Crippen LogP contribution < -0.4 is 5.32 Å². The van der Waals surface area contributed by atoms with Crippen molar-refractivity contribution in [1.82, 2.24) is 5.32 Å². The Morgan fingerprint density at radius 3 is 2.60 bits per heavy atom. The summed E-state index contributed by atoms with van der Waals surface area (Å²) in [5, 5.41) is 3.41. The fraction of sp³-hybridized carbons (Fsp3) is 0.625. The molecule has 0 spiro atoms. The van der Waals surface area contributed by atoms with Crippen LogP contribution in [0.5, 0.6) is 0 Å². The molecule has 1 atom stereocenters. The quantitative estimate of drug-likeness (QED) is 0.841. The molecule has 1 unspecified atom stereocenters. The van der Waals surface area contributed by atoms with Crippen molar-refractivity contribution in [1.29, 1.82) is 0 Å². The summed E-state index contributed by atoms with van der Waals surface area (Å²) in [6, 6.07) is 5.77. The van der Waals surface area contributed by atoms with Crippen LogP contribution in [0.2, 0.25) is 0 Å². The molecule has 112 valence electrons. The zero-order valence-electron chi connectivity index (χ0n) is 12.6. The van der Waals surface area contributed by atoms with E-state index in [0.29, 0.717) is 10.8 Å². The molecule has 1 aromatic rings. The fourth-order valence-electron chi connectivity index (χ4n) is 2.56. The van der Waals surface area contributed by atoms with Crippen LogP contribution in [-0.4, -0.2) is 26.8 Å². The predicted octanol–water partition coefficient (Wildman–Crippen LogP) is 2.86. The molecular weight excluding hydrogens is 270 g/mol. The molecule has 1 fully saturated rings. The maximum atomic E-state index is 12.7. The van der Waals surface area contributed by atoms with E-state index in [-0.39, 0.29) is 11.8 Å². The molecule has 0 aromatic heterocycles. The van der Waals surface area contributed by atoms with E-state index >= 15 is 0 Å². The van der Waals surface area contributed by atoms with E-state index in [1.807, 2.05) is 26.0 Å². The highest BCUT2D eigenvalue weighted by atomic mass is 32.2. The minimum absolute atomic E-state index is 0.111. The maximum Gasteiger partial charge on any atom is 0.180 e. The smallest absolute Gasteiger partial charge is 0.180 e. The lowest BCUT2D eigenvalue weighted by atomic mass is 10.2. The van der Waals surface area contributed by atoms with E-state index in [0.717, 1.165) is 36.9 Å². The fourth-order valence-corrected chi connectivity index (χ4v) is 4.52. The number of benzene rings is 1. The van der Waals surface area contributed by atoms with E-state index in [9.17, 15) is 8.42 Å². The Morgan fingerprint density at radius 2 is 2.00 bits per heavy atom. The zero-order chi connectivity index (χ0) is 14.8. The molecule has 1 aliphatic carbocycles. The standard InChI is InChI=1S/C16H25NO2S/c1-4-9-17-15(14-7-8-14)11-20(18,19)16-10-12(2)5-6-13(16)3/h5-6,10,14-15,17H,4,7-9,11H2,1-3H3. The highest BCUT2D eigenvalue weighted by Gasteiger charge is 2.34. The number of hydrogen-bond acceptors (Lipinski definition) is 3. The first kappa shape index (κ1) is 15.5. The topological polar surface area (TPSA) is 46.2 Å². The number of nitrogens with one attached hydrogen (secondary N) is 1. The average molecular weight is 295 g/mol. The second-order valence-corrected chi connectivity index (χ2v) is 7.95. The van der Waals surface area contributed by atoms with Crippen molar-refractivity contribution in [2.75, 3.05) is 12.3 Å². The normalized spacial score (nSPS) is 17.1. The molecule has 2 rings (SSSR count). The predicted molar refractivity (Wildman–Crippen MR) is 82.8 cm³/mol. The van der Waals surface area contributed by atoms with Crippen molar-refractivity contribution in [2.45, 2.75) is 51.0 Å². The van der Waals surface area contributed by atoms with Crippen LogP contribution in [0.3, 0.4) is 0 Å². The second kappa shape index (κ2) is 6.27. The molecule has 4 heteroatoms. The summed E-state index contributed by atoms with van der Waals surface area (Å²) in [6.07, 6.45) is 3.35. The molecule has 1 aromatic carbocycles. The third-order valence-electron chi connectivity index (χ3n) is 3.93. The van der Waals surface area contributed by atoms with Gasteiger partial charge in [-0.05, 0) is 62.8 Å². The largest absolute Gasteiger partial charge is 0.313 e. The summed E-state index contributed by atoms with van der Waals surface area (Å²) in [5.41, 5.74) is 1.85. The van der Waals surface area contributed by atoms with Gasteiger partial charge >= 0.3 is 0 Å². The SMILES string of the molecule is CCCNC(CS(=O)(=O)c1cc(C)ccc1C)C1CC1. The molecule has 0 bridgehead atoms. The number of aryl methyl sites for hydroxylation is 2. The summed E-state index contributed by atoms with van der Waals surface area (Å²) >= 11 is 0. The molecule has 0 saturated heterocycles. The Morgan fingerprint density at radius 1 is 1.30 bits per heavy atom. The third-order valence-corrected chi connectivity index (χ3v) is 5.83. The Bertz CT molecular complexity index is 562. The second-order valence-electron chi connectivity index (χ2n) is 5.95. The molecule has 20 heavy (non-hydrogen) atoms. The van der Waals surface area contributed by atoms with Gasteiger partial charge in [-0.1, -0.05) is 19.1 Å². The summed E-state index contributed by atoms with van der Waals surface area (Å²) < 4.78 is 25.3. The summed E-state index contributed by atoms with van der Waals surface area (Å²) in [4.78, 5) is 0.501. The first-order valence-electron chi connectivity index (χ1n) is 7.47.